The van der Waals surface area contributed by atoms with Crippen LogP contribution in [0.5, 0.6) is 0 Å². The molecular formula is C30H24N4OS. The molecule has 6 heteroatoms. The molecule has 0 N–H and O–H groups in total. The van der Waals surface area contributed by atoms with Gasteiger partial charge < -0.3 is 4.57 Å². The van der Waals surface area contributed by atoms with E-state index in [1.807, 2.05) is 6.07 Å². The Morgan fingerprint density at radius 2 is 1.81 bits per heavy atom. The molecule has 0 bridgehead atoms. The molecule has 0 atom stereocenters. The summed E-state index contributed by atoms with van der Waals surface area (Å²) in [5.41, 5.74) is 4.47. The summed E-state index contributed by atoms with van der Waals surface area (Å²) < 4.78 is 3.64. The minimum absolute atomic E-state index is 0.0736. The third kappa shape index (κ3) is 3.57. The standard InChI is InChI=1S/C30H24N4OS/c35-30-28-25-10-4-6-12-27(25)36-29(28)31-19-34(30)32-16-23-18-33(26-11-5-3-9-24(23)26)17-20-13-14-21-7-1-2-8-22(21)15-20/h1-3,5,7-9,11,13-16,18-19H,4,6,10,12,17H2/b32-16+. The molecule has 36 heavy (non-hydrogen) atoms. The van der Waals surface area contributed by atoms with Gasteiger partial charge in [0.2, 0.25) is 0 Å². The zero-order chi connectivity index (χ0) is 24.1. The lowest BCUT2D eigenvalue weighted by Crippen LogP contribution is -2.18. The molecule has 7 rings (SSSR count). The summed E-state index contributed by atoms with van der Waals surface area (Å²) in [6.07, 6.45) is 9.79. The molecule has 1 aliphatic rings. The van der Waals surface area contributed by atoms with Crippen LogP contribution in [-0.2, 0) is 19.4 Å². The van der Waals surface area contributed by atoms with E-state index in [-0.39, 0.29) is 5.56 Å². The first-order chi connectivity index (χ1) is 17.7. The summed E-state index contributed by atoms with van der Waals surface area (Å²) in [5.74, 6) is 0. The Morgan fingerprint density at radius 1 is 0.972 bits per heavy atom. The Bertz CT molecular complexity index is 1860. The zero-order valence-corrected chi connectivity index (χ0v) is 20.5. The number of hydrogen-bond acceptors (Lipinski definition) is 4. The van der Waals surface area contributed by atoms with Crippen LogP contribution in [0.2, 0.25) is 0 Å². The van der Waals surface area contributed by atoms with Crippen molar-refractivity contribution in [3.63, 3.8) is 0 Å². The Balaban J connectivity index is 1.27. The molecule has 0 saturated carbocycles. The third-order valence-electron chi connectivity index (χ3n) is 7.17. The lowest BCUT2D eigenvalue weighted by molar-refractivity contribution is 0.699. The number of nitrogens with zero attached hydrogens (tertiary/aromatic N) is 4. The molecule has 5 nitrogen and oxygen atoms in total. The molecule has 3 heterocycles. The van der Waals surface area contributed by atoms with Crippen molar-refractivity contribution < 1.29 is 0 Å². The maximum atomic E-state index is 13.3. The Hall–Kier alpha value is -4.03. The molecule has 0 radical (unpaired) electrons. The number of para-hydroxylation sites is 1. The topological polar surface area (TPSA) is 52.2 Å². The summed E-state index contributed by atoms with van der Waals surface area (Å²) >= 11 is 1.66. The third-order valence-corrected chi connectivity index (χ3v) is 8.37. The molecule has 0 saturated heterocycles. The summed E-state index contributed by atoms with van der Waals surface area (Å²) in [6.45, 7) is 0.758. The number of hydrogen-bond donors (Lipinski definition) is 0. The van der Waals surface area contributed by atoms with Gasteiger partial charge in [0.05, 0.1) is 11.6 Å². The molecule has 6 aromatic rings. The smallest absolute Gasteiger partial charge is 0.282 e. The zero-order valence-electron chi connectivity index (χ0n) is 19.7. The van der Waals surface area contributed by atoms with E-state index in [0.717, 1.165) is 52.5 Å². The van der Waals surface area contributed by atoms with Crippen molar-refractivity contribution in [1.29, 1.82) is 0 Å². The maximum absolute atomic E-state index is 13.3. The predicted molar refractivity (Wildman–Crippen MR) is 149 cm³/mol. The molecule has 0 spiro atoms. The molecule has 0 fully saturated rings. The number of aromatic nitrogens is 3. The number of aryl methyl sites for hydroxylation is 2. The first kappa shape index (κ1) is 21.3. The number of thiophene rings is 1. The Labute approximate surface area is 212 Å². The van der Waals surface area contributed by atoms with Crippen LogP contribution >= 0.6 is 11.3 Å². The Kier molecular flexibility index (Phi) is 5.06. The van der Waals surface area contributed by atoms with E-state index >= 15 is 0 Å². The predicted octanol–water partition coefficient (Wildman–Crippen LogP) is 6.38. The van der Waals surface area contributed by atoms with Gasteiger partial charge in [-0.15, -0.1) is 11.3 Å². The monoisotopic (exact) mass is 488 g/mol. The molecule has 0 aliphatic heterocycles. The van der Waals surface area contributed by atoms with Crippen molar-refractivity contribution in [1.82, 2.24) is 14.2 Å². The van der Waals surface area contributed by atoms with Gasteiger partial charge in [0.1, 0.15) is 11.2 Å². The second kappa shape index (κ2) is 8.57. The fourth-order valence-corrected chi connectivity index (χ4v) is 6.61. The Morgan fingerprint density at radius 3 is 2.75 bits per heavy atom. The van der Waals surface area contributed by atoms with Crippen molar-refractivity contribution in [2.75, 3.05) is 0 Å². The van der Waals surface area contributed by atoms with Crippen LogP contribution in [0.25, 0.3) is 31.9 Å². The van der Waals surface area contributed by atoms with Crippen molar-refractivity contribution in [3.05, 3.63) is 111 Å². The summed E-state index contributed by atoms with van der Waals surface area (Å²) in [7, 11) is 0. The van der Waals surface area contributed by atoms with Gasteiger partial charge >= 0.3 is 0 Å². The molecule has 3 aromatic carbocycles. The molecule has 176 valence electrons. The van der Waals surface area contributed by atoms with Crippen LogP contribution in [0.15, 0.2) is 89.2 Å². The first-order valence-electron chi connectivity index (χ1n) is 12.4. The largest absolute Gasteiger partial charge is 0.342 e. The van der Waals surface area contributed by atoms with Gasteiger partial charge in [-0.25, -0.2) is 4.98 Å². The van der Waals surface area contributed by atoms with Crippen LogP contribution in [-0.4, -0.2) is 20.4 Å². The van der Waals surface area contributed by atoms with Gasteiger partial charge in [-0.05, 0) is 59.7 Å². The highest BCUT2D eigenvalue weighted by molar-refractivity contribution is 7.18. The minimum atomic E-state index is -0.0736. The van der Waals surface area contributed by atoms with Crippen LogP contribution < -0.4 is 5.56 Å². The van der Waals surface area contributed by atoms with E-state index in [0.29, 0.717) is 0 Å². The lowest BCUT2D eigenvalue weighted by Gasteiger charge is -2.09. The normalized spacial score (nSPS) is 13.8. The SMILES string of the molecule is O=c1c2c3c(sc2ncn1/N=C/c1cn(Cc2ccc4ccccc4c2)c2ccccc12)CCCC3. The summed E-state index contributed by atoms with van der Waals surface area (Å²) in [5, 5.41) is 8.93. The maximum Gasteiger partial charge on any atom is 0.282 e. The van der Waals surface area contributed by atoms with E-state index in [4.69, 9.17) is 0 Å². The average Bonchev–Trinajstić information content (AvgIpc) is 3.47. The van der Waals surface area contributed by atoms with Gasteiger partial charge in [0.15, 0.2) is 0 Å². The van der Waals surface area contributed by atoms with Crippen LogP contribution in [0.3, 0.4) is 0 Å². The van der Waals surface area contributed by atoms with Crippen molar-refractivity contribution in [3.8, 4) is 0 Å². The van der Waals surface area contributed by atoms with Gasteiger partial charge in [-0.3, -0.25) is 4.79 Å². The first-order valence-corrected chi connectivity index (χ1v) is 13.2. The number of benzene rings is 3. The van der Waals surface area contributed by atoms with E-state index < -0.39 is 0 Å². The molecule has 0 unspecified atom stereocenters. The summed E-state index contributed by atoms with van der Waals surface area (Å²) in [4.78, 5) is 20.0. The molecule has 0 amide bonds. The van der Waals surface area contributed by atoms with Gasteiger partial charge in [0.25, 0.3) is 5.56 Å². The van der Waals surface area contributed by atoms with Crippen molar-refractivity contribution in [2.24, 2.45) is 5.10 Å². The highest BCUT2D eigenvalue weighted by Crippen LogP contribution is 2.33. The highest BCUT2D eigenvalue weighted by Gasteiger charge is 2.20. The second-order valence-electron chi connectivity index (χ2n) is 9.44. The van der Waals surface area contributed by atoms with Crippen molar-refractivity contribution in [2.45, 2.75) is 32.2 Å². The van der Waals surface area contributed by atoms with Crippen molar-refractivity contribution >= 4 is 49.4 Å². The van der Waals surface area contributed by atoms with Gasteiger partial charge in [0, 0.05) is 34.1 Å². The van der Waals surface area contributed by atoms with E-state index in [1.165, 1.54) is 37.9 Å². The molecule has 3 aromatic heterocycles. The lowest BCUT2D eigenvalue weighted by atomic mass is 9.97. The van der Waals surface area contributed by atoms with Crippen LogP contribution in [0, 0.1) is 0 Å². The highest BCUT2D eigenvalue weighted by atomic mass is 32.1. The minimum Gasteiger partial charge on any atom is -0.342 e. The summed E-state index contributed by atoms with van der Waals surface area (Å²) in [6, 6.07) is 23.4. The van der Waals surface area contributed by atoms with Gasteiger partial charge in [-0.2, -0.15) is 9.78 Å². The van der Waals surface area contributed by atoms with Gasteiger partial charge in [-0.1, -0.05) is 54.6 Å². The van der Waals surface area contributed by atoms with E-state index in [9.17, 15) is 4.79 Å². The number of rotatable bonds is 4. The fourth-order valence-electron chi connectivity index (χ4n) is 5.39. The average molecular weight is 489 g/mol. The van der Waals surface area contributed by atoms with E-state index in [1.54, 1.807) is 23.9 Å². The number of fused-ring (bicyclic) bond motifs is 5. The van der Waals surface area contributed by atoms with Crippen LogP contribution in [0.1, 0.15) is 34.4 Å². The van der Waals surface area contributed by atoms with E-state index in [2.05, 4.69) is 81.5 Å². The van der Waals surface area contributed by atoms with Crippen LogP contribution in [0.4, 0.5) is 0 Å². The second-order valence-corrected chi connectivity index (χ2v) is 10.5. The fraction of sp³-hybridized carbons (Fsp3) is 0.167. The molecule has 1 aliphatic carbocycles. The molecular weight excluding hydrogens is 464 g/mol. The quantitative estimate of drug-likeness (QED) is 0.271.